The number of rotatable bonds is 1. The topological polar surface area (TPSA) is 46.1 Å². The van der Waals surface area contributed by atoms with Gasteiger partial charge in [-0.05, 0) is 49.5 Å². The molecule has 2 aliphatic heterocycles. The summed E-state index contributed by atoms with van der Waals surface area (Å²) >= 11 is 0. The summed E-state index contributed by atoms with van der Waals surface area (Å²) in [5, 5.41) is 0. The third kappa shape index (κ3) is 1.77. The maximum Gasteiger partial charge on any atom is 0.226 e. The normalized spacial score (nSPS) is 29.8. The van der Waals surface area contributed by atoms with E-state index in [0.29, 0.717) is 17.8 Å². The Morgan fingerprint density at radius 1 is 1.12 bits per heavy atom. The van der Waals surface area contributed by atoms with Crippen molar-refractivity contribution >= 4 is 11.7 Å². The van der Waals surface area contributed by atoms with E-state index in [1.165, 1.54) is 11.1 Å². The van der Waals surface area contributed by atoms with E-state index < -0.39 is 0 Å². The number of anilines is 1. The maximum absolute atomic E-state index is 12.7. The minimum atomic E-state index is -0.140. The van der Waals surface area contributed by atoms with Crippen LogP contribution in [0.4, 0.5) is 5.95 Å². The summed E-state index contributed by atoms with van der Waals surface area (Å²) in [4.78, 5) is 24.2. The fraction of sp³-hybridized carbons (Fsp3) is 0.350. The second kappa shape index (κ2) is 4.76. The van der Waals surface area contributed by atoms with Gasteiger partial charge in [-0.15, -0.1) is 0 Å². The SMILES string of the molecule is Cc1cc(C)nc(N2[C@@H]3C=CC(=O)[C@H]2[C@H]2Cc4ccccc4[C@H]23)n1. The summed E-state index contributed by atoms with van der Waals surface area (Å²) in [5.74, 6) is 1.57. The molecule has 4 heteroatoms. The Morgan fingerprint density at radius 2 is 1.88 bits per heavy atom. The van der Waals surface area contributed by atoms with Crippen molar-refractivity contribution in [1.29, 1.82) is 0 Å². The van der Waals surface area contributed by atoms with Crippen molar-refractivity contribution in [2.24, 2.45) is 5.92 Å². The van der Waals surface area contributed by atoms with E-state index in [1.54, 1.807) is 6.08 Å². The van der Waals surface area contributed by atoms with E-state index in [9.17, 15) is 4.79 Å². The van der Waals surface area contributed by atoms with Gasteiger partial charge in [-0.2, -0.15) is 0 Å². The molecule has 2 aromatic rings. The van der Waals surface area contributed by atoms with Crippen LogP contribution in [0.3, 0.4) is 0 Å². The third-order valence-corrected chi connectivity index (χ3v) is 5.68. The number of ketones is 1. The number of aromatic nitrogens is 2. The van der Waals surface area contributed by atoms with Crippen LogP contribution >= 0.6 is 0 Å². The van der Waals surface area contributed by atoms with E-state index in [-0.39, 0.29) is 17.9 Å². The Bertz CT molecular complexity index is 868. The summed E-state index contributed by atoms with van der Waals surface area (Å²) in [6.45, 7) is 3.97. The Labute approximate surface area is 141 Å². The minimum Gasteiger partial charge on any atom is -0.323 e. The Kier molecular flexibility index (Phi) is 2.76. The van der Waals surface area contributed by atoms with Crippen molar-refractivity contribution in [3.8, 4) is 0 Å². The highest BCUT2D eigenvalue weighted by Crippen LogP contribution is 2.52. The van der Waals surface area contributed by atoms with Crippen LogP contribution in [0.15, 0.2) is 42.5 Å². The zero-order chi connectivity index (χ0) is 16.4. The first-order valence-corrected chi connectivity index (χ1v) is 8.54. The van der Waals surface area contributed by atoms with Crippen molar-refractivity contribution < 1.29 is 4.79 Å². The van der Waals surface area contributed by atoms with Gasteiger partial charge < -0.3 is 4.90 Å². The lowest BCUT2D eigenvalue weighted by atomic mass is 9.88. The predicted octanol–water partition coefficient (Wildman–Crippen LogP) is 2.75. The van der Waals surface area contributed by atoms with E-state index in [1.807, 2.05) is 19.9 Å². The molecule has 0 unspecified atom stereocenters. The molecule has 1 saturated heterocycles. The molecular weight excluding hydrogens is 298 g/mol. The molecule has 0 radical (unpaired) electrons. The number of carbonyl (C=O) groups is 1. The second-order valence-electron chi connectivity index (χ2n) is 7.15. The van der Waals surface area contributed by atoms with Crippen molar-refractivity contribution in [2.45, 2.75) is 38.3 Å². The molecule has 1 fully saturated rings. The van der Waals surface area contributed by atoms with Gasteiger partial charge in [0.05, 0.1) is 12.1 Å². The number of nitrogens with zero attached hydrogens (tertiary/aromatic N) is 3. The van der Waals surface area contributed by atoms with Gasteiger partial charge in [0.2, 0.25) is 5.95 Å². The van der Waals surface area contributed by atoms with Gasteiger partial charge in [-0.3, -0.25) is 4.79 Å². The van der Waals surface area contributed by atoms with Crippen LogP contribution in [-0.4, -0.2) is 27.8 Å². The quantitative estimate of drug-likeness (QED) is 0.811. The van der Waals surface area contributed by atoms with Gasteiger partial charge in [-0.25, -0.2) is 9.97 Å². The van der Waals surface area contributed by atoms with E-state index >= 15 is 0 Å². The number of carbonyl (C=O) groups excluding carboxylic acids is 1. The molecule has 3 aliphatic rings. The highest BCUT2D eigenvalue weighted by molar-refractivity contribution is 5.99. The molecule has 4 nitrogen and oxygen atoms in total. The average molecular weight is 317 g/mol. The van der Waals surface area contributed by atoms with Crippen LogP contribution in [0.5, 0.6) is 0 Å². The predicted molar refractivity (Wildman–Crippen MR) is 92.1 cm³/mol. The summed E-state index contributed by atoms with van der Waals surface area (Å²) in [6, 6.07) is 10.6. The van der Waals surface area contributed by atoms with Gasteiger partial charge in [0.25, 0.3) is 0 Å². The molecule has 4 atom stereocenters. The average Bonchev–Trinajstić information content (AvgIpc) is 3.02. The fourth-order valence-electron chi connectivity index (χ4n) is 4.90. The number of hydrogen-bond acceptors (Lipinski definition) is 4. The van der Waals surface area contributed by atoms with E-state index in [0.717, 1.165) is 17.8 Å². The highest BCUT2D eigenvalue weighted by atomic mass is 16.1. The van der Waals surface area contributed by atoms with E-state index in [2.05, 4.69) is 45.2 Å². The van der Waals surface area contributed by atoms with Crippen molar-refractivity contribution in [3.63, 3.8) is 0 Å². The summed E-state index contributed by atoms with van der Waals surface area (Å²) < 4.78 is 0. The van der Waals surface area contributed by atoms with Crippen LogP contribution in [0.2, 0.25) is 0 Å². The monoisotopic (exact) mass is 317 g/mol. The summed E-state index contributed by atoms with van der Waals surface area (Å²) in [5.41, 5.74) is 4.68. The molecule has 0 N–H and O–H groups in total. The lowest BCUT2D eigenvalue weighted by Crippen LogP contribution is -2.46. The molecule has 0 amide bonds. The van der Waals surface area contributed by atoms with Gasteiger partial charge in [0.15, 0.2) is 5.78 Å². The van der Waals surface area contributed by atoms with Crippen molar-refractivity contribution in [3.05, 3.63) is 65.0 Å². The van der Waals surface area contributed by atoms with Crippen LogP contribution in [-0.2, 0) is 11.2 Å². The largest absolute Gasteiger partial charge is 0.323 e. The smallest absolute Gasteiger partial charge is 0.226 e. The first kappa shape index (κ1) is 13.9. The summed E-state index contributed by atoms with van der Waals surface area (Å²) in [7, 11) is 0. The third-order valence-electron chi connectivity index (χ3n) is 5.68. The second-order valence-corrected chi connectivity index (χ2v) is 7.15. The van der Waals surface area contributed by atoms with Crippen LogP contribution in [0.25, 0.3) is 0 Å². The molecular formula is C20H19N3O. The first-order valence-electron chi connectivity index (χ1n) is 8.54. The number of hydrogen-bond donors (Lipinski definition) is 0. The number of aryl methyl sites for hydroxylation is 2. The molecule has 120 valence electrons. The molecule has 1 aliphatic carbocycles. The van der Waals surface area contributed by atoms with Gasteiger partial charge >= 0.3 is 0 Å². The summed E-state index contributed by atoms with van der Waals surface area (Å²) in [6.07, 6.45) is 4.80. The molecule has 0 saturated carbocycles. The van der Waals surface area contributed by atoms with Crippen LogP contribution in [0.1, 0.15) is 28.4 Å². The maximum atomic E-state index is 12.7. The molecule has 3 heterocycles. The van der Waals surface area contributed by atoms with Crippen LogP contribution in [0, 0.1) is 19.8 Å². The number of fused-ring (bicyclic) bond motifs is 7. The lowest BCUT2D eigenvalue weighted by molar-refractivity contribution is -0.116. The Morgan fingerprint density at radius 3 is 2.67 bits per heavy atom. The zero-order valence-corrected chi connectivity index (χ0v) is 13.8. The Balaban J connectivity index is 1.67. The van der Waals surface area contributed by atoms with Crippen molar-refractivity contribution in [1.82, 2.24) is 9.97 Å². The Hall–Kier alpha value is -2.49. The molecule has 1 aromatic carbocycles. The lowest BCUT2D eigenvalue weighted by Gasteiger charge is -2.33. The first-order chi connectivity index (χ1) is 11.6. The molecule has 24 heavy (non-hydrogen) atoms. The minimum absolute atomic E-state index is 0.140. The van der Waals surface area contributed by atoms with Gasteiger partial charge in [-0.1, -0.05) is 30.3 Å². The molecule has 1 aromatic heterocycles. The van der Waals surface area contributed by atoms with Crippen molar-refractivity contribution in [2.75, 3.05) is 4.90 Å². The van der Waals surface area contributed by atoms with Gasteiger partial charge in [0.1, 0.15) is 0 Å². The fourth-order valence-corrected chi connectivity index (χ4v) is 4.90. The molecule has 2 bridgehead atoms. The number of benzene rings is 1. The van der Waals surface area contributed by atoms with E-state index in [4.69, 9.17) is 0 Å². The zero-order valence-electron chi connectivity index (χ0n) is 13.8. The van der Waals surface area contributed by atoms with Crippen LogP contribution < -0.4 is 4.90 Å². The highest BCUT2D eigenvalue weighted by Gasteiger charge is 2.56. The molecule has 0 spiro atoms. The van der Waals surface area contributed by atoms with Gasteiger partial charge in [0, 0.05) is 17.3 Å². The molecule has 5 rings (SSSR count). The standard InChI is InChI=1S/C20H19N3O/c1-11-9-12(2)22-20(21-11)23-16-7-8-17(24)19(23)15-10-13-5-3-4-6-14(13)18(15)16/h3-9,15-16,18-19H,10H2,1-2H3/t15-,16+,18+,19+/m0/s1.